The number of hydrogen-bond donors (Lipinski definition) is 0. The summed E-state index contributed by atoms with van der Waals surface area (Å²) in [5.74, 6) is 0.580. The lowest BCUT2D eigenvalue weighted by Crippen LogP contribution is -2.02. The van der Waals surface area contributed by atoms with Gasteiger partial charge in [0, 0.05) is 38.6 Å². The Morgan fingerprint density at radius 2 is 0.855 bits per heavy atom. The summed E-state index contributed by atoms with van der Waals surface area (Å²) in [4.78, 5) is 14.6. The number of fused-ring (bicyclic) bond motifs is 3. The first-order valence-corrected chi connectivity index (χ1v) is 17.1. The van der Waals surface area contributed by atoms with Gasteiger partial charge in [0.25, 0.3) is 0 Å². The monoisotopic (exact) mass is 719 g/mol. The molecular weight excluding hydrogens is 669 g/mol. The normalized spacial score (nSPS) is 15.6. The molecule has 0 amide bonds. The molecule has 0 saturated heterocycles. The first-order chi connectivity index (χ1) is 34.3. The van der Waals surface area contributed by atoms with Crippen molar-refractivity contribution >= 4 is 21.8 Å². The van der Waals surface area contributed by atoms with Crippen LogP contribution in [-0.4, -0.2) is 19.5 Å². The minimum Gasteiger partial charge on any atom is -0.308 e. The van der Waals surface area contributed by atoms with E-state index < -0.39 is 114 Å². The summed E-state index contributed by atoms with van der Waals surface area (Å²) in [7, 11) is 0. The molecule has 8 aromatic carbocycles. The van der Waals surface area contributed by atoms with Crippen LogP contribution in [0.2, 0.25) is 0 Å². The van der Waals surface area contributed by atoms with Gasteiger partial charge in [0.05, 0.1) is 40.0 Å². The molecule has 2 heterocycles. The SMILES string of the molecule is [2H]c1c([2H])c([2H])c(-c2cc(-c3nc(-c4ccccc4)nc(-c4ccc(-c5ccccc5)cc4)n3)ccc2-n2c3c([2H])c([2H])c([2H])c([2H])c3c3c([2H])c([2H])c([2H])c(-c4c([2H])c([2H])c([2H])c([2H])c4[2H])c32)c([2H])c1[2H]. The number of para-hydroxylation sites is 2. The molecule has 258 valence electrons. The Morgan fingerprint density at radius 3 is 1.53 bits per heavy atom. The maximum absolute atomic E-state index is 9.38. The van der Waals surface area contributed by atoms with E-state index >= 15 is 0 Å². The zero-order valence-electron chi connectivity index (χ0n) is 45.6. The molecule has 0 aliphatic rings. The first-order valence-electron chi connectivity index (χ1n) is 25.6. The average Bonchev–Trinajstić information content (AvgIpc) is 3.76. The molecule has 0 aliphatic heterocycles. The minimum atomic E-state index is -0.796. The van der Waals surface area contributed by atoms with E-state index in [4.69, 9.17) is 30.0 Å². The van der Waals surface area contributed by atoms with Crippen molar-refractivity contribution in [2.45, 2.75) is 0 Å². The fraction of sp³-hybridized carbons (Fsp3) is 0. The smallest absolute Gasteiger partial charge is 0.164 e. The van der Waals surface area contributed by atoms with E-state index in [1.807, 2.05) is 84.9 Å². The van der Waals surface area contributed by atoms with E-state index in [1.165, 1.54) is 22.8 Å². The van der Waals surface area contributed by atoms with Crippen LogP contribution in [0.25, 0.3) is 95.0 Å². The van der Waals surface area contributed by atoms with Crippen molar-refractivity contribution in [2.75, 3.05) is 0 Å². The van der Waals surface area contributed by atoms with Gasteiger partial charge in [0.15, 0.2) is 17.5 Å². The largest absolute Gasteiger partial charge is 0.308 e. The molecule has 10 aromatic rings. The molecule has 4 nitrogen and oxygen atoms in total. The topological polar surface area (TPSA) is 43.6 Å². The molecule has 2 aromatic heterocycles. The third kappa shape index (κ3) is 5.96. The molecule has 4 heteroatoms. The van der Waals surface area contributed by atoms with Crippen LogP contribution in [0.3, 0.4) is 0 Å². The fourth-order valence-electron chi connectivity index (χ4n) is 6.62. The highest BCUT2D eigenvalue weighted by Gasteiger charge is 2.20. The maximum atomic E-state index is 9.38. The van der Waals surface area contributed by atoms with Gasteiger partial charge >= 0.3 is 0 Å². The average molecular weight is 720 g/mol. The van der Waals surface area contributed by atoms with Gasteiger partial charge in [0.1, 0.15) is 0 Å². The highest BCUT2D eigenvalue weighted by atomic mass is 15.0. The van der Waals surface area contributed by atoms with Gasteiger partial charge in [-0.25, -0.2) is 15.0 Å². The van der Waals surface area contributed by atoms with Crippen LogP contribution in [-0.2, 0) is 0 Å². The highest BCUT2D eigenvalue weighted by Crippen LogP contribution is 2.41. The molecule has 0 spiro atoms. The van der Waals surface area contributed by atoms with Crippen LogP contribution < -0.4 is 0 Å². The number of benzene rings is 8. The number of nitrogens with zero attached hydrogens (tertiary/aromatic N) is 4. The van der Waals surface area contributed by atoms with Gasteiger partial charge in [-0.05, 0) is 46.5 Å². The van der Waals surface area contributed by atoms with Crippen molar-refractivity contribution in [3.05, 3.63) is 206 Å². The van der Waals surface area contributed by atoms with Crippen LogP contribution in [0.1, 0.15) is 23.3 Å². The summed E-state index contributed by atoms with van der Waals surface area (Å²) in [6, 6.07) is 18.2. The molecule has 0 bridgehead atoms. The second-order valence-corrected chi connectivity index (χ2v) is 12.4. The highest BCUT2D eigenvalue weighted by molar-refractivity contribution is 6.14. The van der Waals surface area contributed by atoms with Crippen LogP contribution >= 0.6 is 0 Å². The van der Waals surface area contributed by atoms with Crippen LogP contribution in [0, 0.1) is 0 Å². The standard InChI is InChI=1S/C51H34N4/c1-5-16-35(17-6-1)36-28-30-40(31-29-36)50-52-49(39-22-11-4-12-23-39)53-51(54-50)41-32-33-47(45(34-41)38-20-9-3-10-21-38)55-46-27-14-13-24-43(46)44-26-15-25-42(48(44)55)37-18-7-2-8-19-37/h1-34H/i2D,3D,7D,8D,9D,10D,13D,14D,15D,18D,19D,20D,21D,24D,25D,26D,27D. The van der Waals surface area contributed by atoms with Gasteiger partial charge < -0.3 is 4.57 Å². The quantitative estimate of drug-likeness (QED) is 0.165. The second kappa shape index (κ2) is 13.8. The Labute approximate surface area is 343 Å². The summed E-state index contributed by atoms with van der Waals surface area (Å²) in [5.41, 5.74) is 0.902. The summed E-state index contributed by atoms with van der Waals surface area (Å²) in [6.07, 6.45) is 0. The van der Waals surface area contributed by atoms with Gasteiger partial charge in [-0.1, -0.05) is 182 Å². The number of aromatic nitrogens is 4. The van der Waals surface area contributed by atoms with E-state index in [0.717, 1.165) is 11.1 Å². The zero-order chi connectivity index (χ0) is 51.3. The second-order valence-electron chi connectivity index (χ2n) is 12.4. The van der Waals surface area contributed by atoms with Crippen LogP contribution in [0.5, 0.6) is 0 Å². The molecule has 10 rings (SSSR count). The van der Waals surface area contributed by atoms with E-state index in [9.17, 15) is 8.22 Å². The molecule has 0 atom stereocenters. The summed E-state index contributed by atoms with van der Waals surface area (Å²) in [5, 5.41) is -0.670. The van der Waals surface area contributed by atoms with Crippen LogP contribution in [0.4, 0.5) is 0 Å². The van der Waals surface area contributed by atoms with Gasteiger partial charge in [0.2, 0.25) is 0 Å². The third-order valence-electron chi connectivity index (χ3n) is 9.15. The predicted octanol–water partition coefficient (Wildman–Crippen LogP) is 13.0. The first kappa shape index (κ1) is 19.1. The summed E-state index contributed by atoms with van der Waals surface area (Å²) >= 11 is 0. The van der Waals surface area contributed by atoms with E-state index in [-0.39, 0.29) is 61.7 Å². The summed E-state index contributed by atoms with van der Waals surface area (Å²) < 4.78 is 153. The lowest BCUT2D eigenvalue weighted by molar-refractivity contribution is 1.07. The Morgan fingerprint density at radius 1 is 0.364 bits per heavy atom. The molecule has 0 unspecified atom stereocenters. The van der Waals surface area contributed by atoms with E-state index in [2.05, 4.69) is 0 Å². The molecule has 0 radical (unpaired) electrons. The van der Waals surface area contributed by atoms with Crippen molar-refractivity contribution in [1.29, 1.82) is 0 Å². The lowest BCUT2D eigenvalue weighted by atomic mass is 9.99. The fourth-order valence-corrected chi connectivity index (χ4v) is 6.62. The zero-order valence-corrected chi connectivity index (χ0v) is 28.6. The van der Waals surface area contributed by atoms with Crippen molar-refractivity contribution in [1.82, 2.24) is 19.5 Å². The molecule has 55 heavy (non-hydrogen) atoms. The molecule has 0 saturated carbocycles. The van der Waals surface area contributed by atoms with Gasteiger partial charge in [-0.3, -0.25) is 0 Å². The molecule has 0 aliphatic carbocycles. The van der Waals surface area contributed by atoms with Gasteiger partial charge in [-0.15, -0.1) is 0 Å². The van der Waals surface area contributed by atoms with Crippen molar-refractivity contribution < 1.29 is 23.3 Å². The van der Waals surface area contributed by atoms with Crippen LogP contribution in [0.15, 0.2) is 206 Å². The summed E-state index contributed by atoms with van der Waals surface area (Å²) in [6.45, 7) is 0. The number of hydrogen-bond acceptors (Lipinski definition) is 3. The van der Waals surface area contributed by atoms with Gasteiger partial charge in [-0.2, -0.15) is 0 Å². The molecular formula is C51H34N4. The molecule has 0 N–H and O–H groups in total. The van der Waals surface area contributed by atoms with Crippen molar-refractivity contribution in [3.8, 4) is 73.2 Å². The Hall–Kier alpha value is -7.43. The Kier molecular flexibility index (Phi) is 4.80. The number of rotatable bonds is 7. The lowest BCUT2D eigenvalue weighted by Gasteiger charge is -2.17. The predicted molar refractivity (Wildman–Crippen MR) is 227 cm³/mol. The molecule has 0 fully saturated rings. The third-order valence-corrected chi connectivity index (χ3v) is 9.15. The van der Waals surface area contributed by atoms with E-state index in [0.29, 0.717) is 11.1 Å². The Balaban J connectivity index is 1.36. The van der Waals surface area contributed by atoms with Crippen molar-refractivity contribution in [2.24, 2.45) is 0 Å². The Bertz CT molecular complexity index is 3880. The minimum absolute atomic E-state index is 0.0656. The maximum Gasteiger partial charge on any atom is 0.164 e. The van der Waals surface area contributed by atoms with Crippen molar-refractivity contribution in [3.63, 3.8) is 0 Å². The van der Waals surface area contributed by atoms with E-state index in [1.54, 1.807) is 0 Å².